The van der Waals surface area contributed by atoms with E-state index in [0.717, 1.165) is 37.8 Å². The summed E-state index contributed by atoms with van der Waals surface area (Å²) in [5, 5.41) is 24.6. The van der Waals surface area contributed by atoms with Crippen LogP contribution in [0.2, 0.25) is 0 Å². The summed E-state index contributed by atoms with van der Waals surface area (Å²) in [4.78, 5) is 0. The number of aliphatic hydroxyl groups excluding tert-OH is 1. The van der Waals surface area contributed by atoms with Crippen LogP contribution in [0.15, 0.2) is 23.4 Å². The first-order chi connectivity index (χ1) is 10.1. The van der Waals surface area contributed by atoms with Crippen LogP contribution in [0.4, 0.5) is 4.39 Å². The van der Waals surface area contributed by atoms with Gasteiger partial charge in [0.05, 0.1) is 6.10 Å². The molecule has 0 bridgehead atoms. The van der Waals surface area contributed by atoms with E-state index < -0.39 is 5.82 Å². The molecule has 0 spiro atoms. The van der Waals surface area contributed by atoms with Gasteiger partial charge in [0, 0.05) is 12.1 Å². The zero-order valence-corrected chi connectivity index (χ0v) is 11.9. The summed E-state index contributed by atoms with van der Waals surface area (Å²) in [6.45, 7) is 1.31. The molecule has 2 unspecified atom stereocenters. The zero-order chi connectivity index (χ0) is 15.2. The predicted molar refractivity (Wildman–Crippen MR) is 78.6 cm³/mol. The minimum absolute atomic E-state index is 0.0978. The van der Waals surface area contributed by atoms with Gasteiger partial charge in [0.1, 0.15) is 5.82 Å². The first-order valence-corrected chi connectivity index (χ1v) is 7.25. The highest BCUT2D eigenvalue weighted by molar-refractivity contribution is 5.98. The molecule has 0 heterocycles. The van der Waals surface area contributed by atoms with Crippen LogP contribution in [0.25, 0.3) is 0 Å². The number of amidine groups is 1. The topological polar surface area (TPSA) is 90.9 Å². The molecule has 1 fully saturated rings. The predicted octanol–water partition coefficient (Wildman–Crippen LogP) is 1.56. The molecule has 2 atom stereocenters. The van der Waals surface area contributed by atoms with E-state index in [2.05, 4.69) is 10.5 Å². The summed E-state index contributed by atoms with van der Waals surface area (Å²) in [7, 11) is 0. The van der Waals surface area contributed by atoms with E-state index in [1.54, 1.807) is 6.07 Å². The first-order valence-electron chi connectivity index (χ1n) is 7.25. The van der Waals surface area contributed by atoms with Crippen LogP contribution in [-0.2, 0) is 6.54 Å². The third-order valence-electron chi connectivity index (χ3n) is 3.96. The number of nitrogens with two attached hydrogens (primary N) is 1. The van der Waals surface area contributed by atoms with Crippen LogP contribution in [-0.4, -0.2) is 28.8 Å². The molecular weight excluding hydrogens is 273 g/mol. The van der Waals surface area contributed by atoms with Crippen LogP contribution >= 0.6 is 0 Å². The minimum atomic E-state index is -0.421. The first kappa shape index (κ1) is 15.7. The van der Waals surface area contributed by atoms with Crippen molar-refractivity contribution in [2.75, 3.05) is 6.54 Å². The molecule has 116 valence electrons. The monoisotopic (exact) mass is 295 g/mol. The lowest BCUT2D eigenvalue weighted by atomic mass is 9.87. The SMILES string of the molecule is N/C(=N/O)c1cc(F)ccc1CNCC1CCCC(O)C1. The third-order valence-corrected chi connectivity index (χ3v) is 3.96. The second-order valence-electron chi connectivity index (χ2n) is 5.60. The summed E-state index contributed by atoms with van der Waals surface area (Å²) in [6, 6.07) is 4.25. The van der Waals surface area contributed by atoms with Crippen LogP contribution in [0.1, 0.15) is 36.8 Å². The molecule has 5 N–H and O–H groups in total. The van der Waals surface area contributed by atoms with Crippen molar-refractivity contribution in [3.8, 4) is 0 Å². The van der Waals surface area contributed by atoms with Gasteiger partial charge >= 0.3 is 0 Å². The van der Waals surface area contributed by atoms with Crippen LogP contribution in [0, 0.1) is 11.7 Å². The lowest BCUT2D eigenvalue weighted by Crippen LogP contribution is -2.29. The highest BCUT2D eigenvalue weighted by atomic mass is 19.1. The lowest BCUT2D eigenvalue weighted by molar-refractivity contribution is 0.101. The van der Waals surface area contributed by atoms with Crippen molar-refractivity contribution in [3.63, 3.8) is 0 Å². The standard InChI is InChI=1S/C15H22FN3O2/c16-12-5-4-11(14(7-12)15(17)19-21)9-18-8-10-2-1-3-13(20)6-10/h4-5,7,10,13,18,20-21H,1-3,6,8-9H2,(H2,17,19). The fraction of sp³-hybridized carbons (Fsp3) is 0.533. The number of benzene rings is 1. The van der Waals surface area contributed by atoms with Crippen molar-refractivity contribution in [1.29, 1.82) is 0 Å². The zero-order valence-electron chi connectivity index (χ0n) is 11.9. The minimum Gasteiger partial charge on any atom is -0.409 e. The normalized spacial score (nSPS) is 23.2. The maximum Gasteiger partial charge on any atom is 0.170 e. The van der Waals surface area contributed by atoms with Crippen molar-refractivity contribution in [1.82, 2.24) is 5.32 Å². The number of hydrogen-bond donors (Lipinski definition) is 4. The Morgan fingerprint density at radius 3 is 2.95 bits per heavy atom. The molecule has 0 saturated heterocycles. The van der Waals surface area contributed by atoms with Crippen molar-refractivity contribution < 1.29 is 14.7 Å². The highest BCUT2D eigenvalue weighted by Gasteiger charge is 2.19. The quantitative estimate of drug-likeness (QED) is 0.287. The van der Waals surface area contributed by atoms with Crippen molar-refractivity contribution in [3.05, 3.63) is 35.1 Å². The summed E-state index contributed by atoms with van der Waals surface area (Å²) in [5.74, 6) is -0.0587. The van der Waals surface area contributed by atoms with E-state index in [1.165, 1.54) is 12.1 Å². The molecule has 2 rings (SSSR count). The molecule has 0 aliphatic heterocycles. The van der Waals surface area contributed by atoms with Gasteiger partial charge in [-0.25, -0.2) is 4.39 Å². The van der Waals surface area contributed by atoms with Crippen LogP contribution in [0.5, 0.6) is 0 Å². The fourth-order valence-corrected chi connectivity index (χ4v) is 2.85. The van der Waals surface area contributed by atoms with E-state index >= 15 is 0 Å². The van der Waals surface area contributed by atoms with Crippen LogP contribution < -0.4 is 11.1 Å². The van der Waals surface area contributed by atoms with E-state index in [0.29, 0.717) is 18.0 Å². The Labute approximate surface area is 123 Å². The van der Waals surface area contributed by atoms with Gasteiger partial charge in [-0.2, -0.15) is 0 Å². The molecule has 0 amide bonds. The number of oxime groups is 1. The molecular formula is C15H22FN3O2. The average Bonchev–Trinajstić information content (AvgIpc) is 2.48. The molecule has 1 aromatic carbocycles. The molecule has 1 aromatic rings. The Morgan fingerprint density at radius 1 is 1.43 bits per heavy atom. The largest absolute Gasteiger partial charge is 0.409 e. The highest BCUT2D eigenvalue weighted by Crippen LogP contribution is 2.23. The van der Waals surface area contributed by atoms with E-state index in [9.17, 15) is 9.50 Å². The number of nitrogens with one attached hydrogen (secondary N) is 1. The Kier molecular flexibility index (Phi) is 5.52. The maximum atomic E-state index is 13.3. The molecule has 1 aliphatic carbocycles. The van der Waals surface area contributed by atoms with Gasteiger partial charge in [0.25, 0.3) is 0 Å². The van der Waals surface area contributed by atoms with E-state index in [4.69, 9.17) is 10.9 Å². The number of hydrogen-bond acceptors (Lipinski definition) is 4. The van der Waals surface area contributed by atoms with Gasteiger partial charge in [0.2, 0.25) is 0 Å². The summed E-state index contributed by atoms with van der Waals surface area (Å²) >= 11 is 0. The third kappa shape index (κ3) is 4.41. The van der Waals surface area contributed by atoms with E-state index in [-0.39, 0.29) is 11.9 Å². The maximum absolute atomic E-state index is 13.3. The summed E-state index contributed by atoms with van der Waals surface area (Å²) in [5.41, 5.74) is 6.75. The van der Waals surface area contributed by atoms with E-state index in [1.807, 2.05) is 0 Å². The molecule has 0 aromatic heterocycles. The molecule has 21 heavy (non-hydrogen) atoms. The van der Waals surface area contributed by atoms with Gasteiger partial charge in [0.15, 0.2) is 5.84 Å². The molecule has 1 saturated carbocycles. The number of rotatable bonds is 5. The van der Waals surface area contributed by atoms with Gasteiger partial charge in [-0.15, -0.1) is 0 Å². The molecule has 1 aliphatic rings. The summed E-state index contributed by atoms with van der Waals surface area (Å²) < 4.78 is 13.3. The molecule has 5 nitrogen and oxygen atoms in total. The second-order valence-corrected chi connectivity index (χ2v) is 5.60. The van der Waals surface area contributed by atoms with Crippen molar-refractivity contribution in [2.24, 2.45) is 16.8 Å². The fourth-order valence-electron chi connectivity index (χ4n) is 2.85. The summed E-state index contributed by atoms with van der Waals surface area (Å²) in [6.07, 6.45) is 3.69. The Balaban J connectivity index is 1.93. The smallest absolute Gasteiger partial charge is 0.170 e. The average molecular weight is 295 g/mol. The van der Waals surface area contributed by atoms with Crippen molar-refractivity contribution in [2.45, 2.75) is 38.3 Å². The van der Waals surface area contributed by atoms with Gasteiger partial charge in [-0.1, -0.05) is 17.6 Å². The molecule has 0 radical (unpaired) electrons. The van der Waals surface area contributed by atoms with Crippen LogP contribution in [0.3, 0.4) is 0 Å². The van der Waals surface area contributed by atoms with Gasteiger partial charge < -0.3 is 21.4 Å². The Bertz CT molecular complexity index is 508. The Morgan fingerprint density at radius 2 is 2.24 bits per heavy atom. The van der Waals surface area contributed by atoms with Gasteiger partial charge in [-0.05, 0) is 49.4 Å². The Hall–Kier alpha value is -1.66. The van der Waals surface area contributed by atoms with Crippen molar-refractivity contribution >= 4 is 5.84 Å². The molecule has 6 heteroatoms. The second kappa shape index (κ2) is 7.38. The number of halogens is 1. The number of nitrogens with zero attached hydrogens (tertiary/aromatic N) is 1. The van der Waals surface area contributed by atoms with Gasteiger partial charge in [-0.3, -0.25) is 0 Å². The number of aliphatic hydroxyl groups is 1. The lowest BCUT2D eigenvalue weighted by Gasteiger charge is -2.26.